The Balaban J connectivity index is 1.49. The molecule has 4 rings (SSSR count). The van der Waals surface area contributed by atoms with Crippen LogP contribution in [0, 0.1) is 0 Å². The van der Waals surface area contributed by atoms with Crippen molar-refractivity contribution in [3.05, 3.63) is 88.9 Å². The van der Waals surface area contributed by atoms with Crippen molar-refractivity contribution in [3.8, 4) is 11.4 Å². The van der Waals surface area contributed by atoms with Crippen LogP contribution in [0.25, 0.3) is 11.4 Å². The molecular weight excluding hydrogens is 420 g/mol. The first-order valence-corrected chi connectivity index (χ1v) is 9.49. The average Bonchev–Trinajstić information content (AvgIpc) is 3.41. The van der Waals surface area contributed by atoms with Gasteiger partial charge in [-0.15, -0.1) is 5.10 Å². The topological polar surface area (TPSA) is 77.6 Å². The van der Waals surface area contributed by atoms with E-state index >= 15 is 0 Å². The SMILES string of the molecule is CC(NC(=O)c1ccc(-n2cccc2)cc1)c1nnnn1-c1ccc(Br)cc1. The maximum atomic E-state index is 12.6. The number of nitrogens with one attached hydrogen (secondary N) is 1. The van der Waals surface area contributed by atoms with Crippen LogP contribution < -0.4 is 5.32 Å². The fourth-order valence-corrected chi connectivity index (χ4v) is 3.13. The maximum Gasteiger partial charge on any atom is 0.251 e. The molecule has 2 aromatic heterocycles. The smallest absolute Gasteiger partial charge is 0.251 e. The van der Waals surface area contributed by atoms with Gasteiger partial charge in [-0.2, -0.15) is 4.68 Å². The Hall–Kier alpha value is -3.26. The first kappa shape index (κ1) is 18.1. The third kappa shape index (κ3) is 3.72. The summed E-state index contributed by atoms with van der Waals surface area (Å²) in [4.78, 5) is 12.6. The predicted molar refractivity (Wildman–Crippen MR) is 109 cm³/mol. The van der Waals surface area contributed by atoms with Gasteiger partial charge in [-0.25, -0.2) is 0 Å². The van der Waals surface area contributed by atoms with Crippen molar-refractivity contribution in [1.29, 1.82) is 0 Å². The zero-order valence-electron chi connectivity index (χ0n) is 15.0. The molecule has 1 N–H and O–H groups in total. The van der Waals surface area contributed by atoms with Gasteiger partial charge in [0.05, 0.1) is 11.7 Å². The van der Waals surface area contributed by atoms with E-state index in [0.717, 1.165) is 15.8 Å². The first-order valence-electron chi connectivity index (χ1n) is 8.70. The van der Waals surface area contributed by atoms with Crippen LogP contribution in [0.15, 0.2) is 77.5 Å². The molecule has 1 unspecified atom stereocenters. The van der Waals surface area contributed by atoms with E-state index in [-0.39, 0.29) is 11.9 Å². The molecule has 2 heterocycles. The average molecular weight is 437 g/mol. The molecule has 0 bridgehead atoms. The molecule has 0 fully saturated rings. The Morgan fingerprint density at radius 1 is 1.00 bits per heavy atom. The molecular formula is C20H17BrN6O. The van der Waals surface area contributed by atoms with Gasteiger partial charge in [-0.1, -0.05) is 15.9 Å². The highest BCUT2D eigenvalue weighted by Crippen LogP contribution is 2.18. The number of halogens is 1. The van der Waals surface area contributed by atoms with Gasteiger partial charge in [0.15, 0.2) is 5.82 Å². The van der Waals surface area contributed by atoms with E-state index in [2.05, 4.69) is 36.8 Å². The molecule has 8 heteroatoms. The highest BCUT2D eigenvalue weighted by molar-refractivity contribution is 9.10. The number of amides is 1. The molecule has 140 valence electrons. The summed E-state index contributed by atoms with van der Waals surface area (Å²) in [5, 5.41) is 14.8. The predicted octanol–water partition coefficient (Wildman–Crippen LogP) is 3.71. The van der Waals surface area contributed by atoms with Crippen molar-refractivity contribution in [2.24, 2.45) is 0 Å². The van der Waals surface area contributed by atoms with Crippen LogP contribution >= 0.6 is 15.9 Å². The van der Waals surface area contributed by atoms with Gasteiger partial charge < -0.3 is 9.88 Å². The number of tetrazole rings is 1. The van der Waals surface area contributed by atoms with E-state index in [4.69, 9.17) is 0 Å². The number of nitrogens with zero attached hydrogens (tertiary/aromatic N) is 5. The van der Waals surface area contributed by atoms with Crippen LogP contribution in [0.5, 0.6) is 0 Å². The summed E-state index contributed by atoms with van der Waals surface area (Å²) in [5.41, 5.74) is 2.39. The summed E-state index contributed by atoms with van der Waals surface area (Å²) in [6.45, 7) is 1.85. The number of hydrogen-bond acceptors (Lipinski definition) is 4. The van der Waals surface area contributed by atoms with E-state index in [1.54, 1.807) is 16.8 Å². The number of aromatic nitrogens is 5. The molecule has 0 spiro atoms. The molecule has 28 heavy (non-hydrogen) atoms. The minimum absolute atomic E-state index is 0.183. The lowest BCUT2D eigenvalue weighted by Crippen LogP contribution is -2.28. The molecule has 0 saturated heterocycles. The van der Waals surface area contributed by atoms with E-state index in [1.807, 2.05) is 72.4 Å². The lowest BCUT2D eigenvalue weighted by atomic mass is 10.1. The molecule has 0 aliphatic heterocycles. The maximum absolute atomic E-state index is 12.6. The first-order chi connectivity index (χ1) is 13.6. The molecule has 4 aromatic rings. The third-order valence-corrected chi connectivity index (χ3v) is 4.86. The minimum Gasteiger partial charge on any atom is -0.342 e. The largest absolute Gasteiger partial charge is 0.342 e. The highest BCUT2D eigenvalue weighted by Gasteiger charge is 2.18. The van der Waals surface area contributed by atoms with E-state index < -0.39 is 0 Å². The number of carbonyl (C=O) groups excluding carboxylic acids is 1. The second kappa shape index (κ2) is 7.77. The molecule has 0 aliphatic rings. The quantitative estimate of drug-likeness (QED) is 0.517. The van der Waals surface area contributed by atoms with Crippen LogP contribution in [0.2, 0.25) is 0 Å². The number of rotatable bonds is 5. The van der Waals surface area contributed by atoms with Crippen molar-refractivity contribution in [3.63, 3.8) is 0 Å². The minimum atomic E-state index is -0.365. The fourth-order valence-electron chi connectivity index (χ4n) is 2.87. The Morgan fingerprint density at radius 3 is 2.32 bits per heavy atom. The van der Waals surface area contributed by atoms with Crippen LogP contribution in [0.1, 0.15) is 29.1 Å². The van der Waals surface area contributed by atoms with Gasteiger partial charge in [-0.3, -0.25) is 4.79 Å². The standard InChI is InChI=1S/C20H17BrN6O/c1-14(19-23-24-25-27(19)18-10-6-16(21)7-11-18)22-20(28)15-4-8-17(9-5-15)26-12-2-3-13-26/h2-14H,1H3,(H,22,28). The van der Waals surface area contributed by atoms with E-state index in [9.17, 15) is 4.79 Å². The van der Waals surface area contributed by atoms with Crippen LogP contribution in [-0.4, -0.2) is 30.7 Å². The van der Waals surface area contributed by atoms with Crippen LogP contribution in [0.3, 0.4) is 0 Å². The number of carbonyl (C=O) groups is 1. The summed E-state index contributed by atoms with van der Waals surface area (Å²) < 4.78 is 4.57. The molecule has 0 aliphatic carbocycles. The second-order valence-electron chi connectivity index (χ2n) is 6.26. The normalized spacial score (nSPS) is 11.9. The van der Waals surface area contributed by atoms with Gasteiger partial charge in [0, 0.05) is 28.1 Å². The van der Waals surface area contributed by atoms with E-state index in [0.29, 0.717) is 11.4 Å². The van der Waals surface area contributed by atoms with Crippen molar-refractivity contribution >= 4 is 21.8 Å². The fraction of sp³-hybridized carbons (Fsp3) is 0.100. The molecule has 2 aromatic carbocycles. The zero-order chi connectivity index (χ0) is 19.5. The zero-order valence-corrected chi connectivity index (χ0v) is 16.6. The molecule has 7 nitrogen and oxygen atoms in total. The van der Waals surface area contributed by atoms with Gasteiger partial charge in [0.2, 0.25) is 0 Å². The lowest BCUT2D eigenvalue weighted by Gasteiger charge is -2.14. The van der Waals surface area contributed by atoms with Gasteiger partial charge in [0.25, 0.3) is 5.91 Å². The summed E-state index contributed by atoms with van der Waals surface area (Å²) >= 11 is 3.41. The summed E-state index contributed by atoms with van der Waals surface area (Å²) in [7, 11) is 0. The van der Waals surface area contributed by atoms with Crippen molar-refractivity contribution in [1.82, 2.24) is 30.1 Å². The summed E-state index contributed by atoms with van der Waals surface area (Å²) in [6.07, 6.45) is 3.91. The summed E-state index contributed by atoms with van der Waals surface area (Å²) in [5.74, 6) is 0.372. The number of hydrogen-bond donors (Lipinski definition) is 1. The Labute approximate surface area is 170 Å². The van der Waals surface area contributed by atoms with Crippen LogP contribution in [-0.2, 0) is 0 Å². The Kier molecular flexibility index (Phi) is 5.03. The van der Waals surface area contributed by atoms with Gasteiger partial charge in [0.1, 0.15) is 0 Å². The molecule has 0 saturated carbocycles. The molecule has 0 radical (unpaired) electrons. The molecule has 1 amide bonds. The van der Waals surface area contributed by atoms with E-state index in [1.165, 1.54) is 0 Å². The molecule has 1 atom stereocenters. The van der Waals surface area contributed by atoms with Gasteiger partial charge in [-0.05, 0) is 78.0 Å². The Morgan fingerprint density at radius 2 is 1.64 bits per heavy atom. The summed E-state index contributed by atoms with van der Waals surface area (Å²) in [6, 6.07) is 18.6. The van der Waals surface area contributed by atoms with Crippen LogP contribution in [0.4, 0.5) is 0 Å². The van der Waals surface area contributed by atoms with Crippen molar-refractivity contribution < 1.29 is 4.79 Å². The highest BCUT2D eigenvalue weighted by atomic mass is 79.9. The van der Waals surface area contributed by atoms with Gasteiger partial charge >= 0.3 is 0 Å². The monoisotopic (exact) mass is 436 g/mol. The number of benzene rings is 2. The van der Waals surface area contributed by atoms with Crippen molar-refractivity contribution in [2.45, 2.75) is 13.0 Å². The Bertz CT molecular complexity index is 1070. The second-order valence-corrected chi connectivity index (χ2v) is 7.17. The van der Waals surface area contributed by atoms with Crippen molar-refractivity contribution in [2.75, 3.05) is 0 Å². The lowest BCUT2D eigenvalue weighted by molar-refractivity contribution is 0.0938. The third-order valence-electron chi connectivity index (χ3n) is 4.33.